The Morgan fingerprint density at radius 2 is 1.67 bits per heavy atom. The highest BCUT2D eigenvalue weighted by Crippen LogP contribution is 2.28. The van der Waals surface area contributed by atoms with Crippen molar-refractivity contribution in [2.24, 2.45) is 0 Å². The van der Waals surface area contributed by atoms with E-state index in [0.29, 0.717) is 13.1 Å². The Bertz CT molecular complexity index is 864. The van der Waals surface area contributed by atoms with Crippen molar-refractivity contribution in [3.8, 4) is 0 Å². The molecule has 6 heteroatoms. The topological polar surface area (TPSA) is 64.7 Å². The average Bonchev–Trinajstić information content (AvgIpc) is 2.77. The minimum absolute atomic E-state index is 0.00232. The van der Waals surface area contributed by atoms with Crippen molar-refractivity contribution in [3.63, 3.8) is 0 Å². The number of amides is 2. The summed E-state index contributed by atoms with van der Waals surface area (Å²) in [5.74, 6) is -1.14. The van der Waals surface area contributed by atoms with Crippen LogP contribution in [0.4, 0.5) is 5.69 Å². The lowest BCUT2D eigenvalue weighted by molar-refractivity contribution is -0.139. The van der Waals surface area contributed by atoms with E-state index in [4.69, 9.17) is 0 Å². The van der Waals surface area contributed by atoms with Gasteiger partial charge in [0.25, 0.3) is 0 Å². The predicted molar refractivity (Wildman–Crippen MR) is 120 cm³/mol. The largest absolute Gasteiger partial charge is 0.378 e. The SMILES string of the molecule is CCCNC(=O)C(=O)NC[C@@H](c1ccc(N(C)C)cc1)N1CCc2ccccc2C1. The van der Waals surface area contributed by atoms with Gasteiger partial charge in [-0.05, 0) is 41.7 Å². The lowest BCUT2D eigenvalue weighted by Crippen LogP contribution is -2.45. The van der Waals surface area contributed by atoms with Crippen LogP contribution in [0.25, 0.3) is 0 Å². The van der Waals surface area contributed by atoms with Crippen molar-refractivity contribution in [2.75, 3.05) is 38.6 Å². The fraction of sp³-hybridized carbons (Fsp3) is 0.417. The molecule has 2 aromatic carbocycles. The molecule has 1 atom stereocenters. The first-order valence-electron chi connectivity index (χ1n) is 10.6. The molecule has 1 aliphatic rings. The van der Waals surface area contributed by atoms with Crippen LogP contribution in [-0.2, 0) is 22.6 Å². The van der Waals surface area contributed by atoms with E-state index in [0.717, 1.165) is 37.2 Å². The van der Waals surface area contributed by atoms with Crippen LogP contribution in [0.15, 0.2) is 48.5 Å². The molecule has 0 aromatic heterocycles. The predicted octanol–water partition coefficient (Wildman–Crippen LogP) is 2.49. The Kier molecular flexibility index (Phi) is 7.46. The van der Waals surface area contributed by atoms with E-state index in [9.17, 15) is 9.59 Å². The van der Waals surface area contributed by atoms with Crippen LogP contribution in [0, 0.1) is 0 Å². The maximum atomic E-state index is 12.3. The maximum Gasteiger partial charge on any atom is 0.309 e. The molecular formula is C24H32N4O2. The van der Waals surface area contributed by atoms with Crippen LogP contribution in [0.1, 0.15) is 36.1 Å². The summed E-state index contributed by atoms with van der Waals surface area (Å²) in [5.41, 5.74) is 4.97. The number of hydrogen-bond acceptors (Lipinski definition) is 4. The molecule has 1 aliphatic heterocycles. The van der Waals surface area contributed by atoms with Crippen molar-refractivity contribution in [3.05, 3.63) is 65.2 Å². The minimum Gasteiger partial charge on any atom is -0.378 e. The molecule has 0 fully saturated rings. The Morgan fingerprint density at radius 1 is 1.00 bits per heavy atom. The molecule has 0 aliphatic carbocycles. The van der Waals surface area contributed by atoms with Crippen molar-refractivity contribution >= 4 is 17.5 Å². The number of carbonyl (C=O) groups is 2. The standard InChI is InChI=1S/C24H32N4O2/c1-4-14-25-23(29)24(30)26-16-22(19-9-11-21(12-10-19)27(2)3)28-15-13-18-7-5-6-8-20(18)17-28/h5-12,22H,4,13-17H2,1-3H3,(H,25,29)(H,26,30)/t22-/m0/s1. The maximum absolute atomic E-state index is 12.3. The van der Waals surface area contributed by atoms with Gasteiger partial charge in [-0.2, -0.15) is 0 Å². The van der Waals surface area contributed by atoms with Gasteiger partial charge in [0.1, 0.15) is 0 Å². The number of carbonyl (C=O) groups excluding carboxylic acids is 2. The number of anilines is 1. The van der Waals surface area contributed by atoms with Gasteiger partial charge in [-0.1, -0.05) is 43.3 Å². The second kappa shape index (κ2) is 10.3. The quantitative estimate of drug-likeness (QED) is 0.691. The van der Waals surface area contributed by atoms with Crippen LogP contribution in [-0.4, -0.2) is 50.4 Å². The summed E-state index contributed by atoms with van der Waals surface area (Å²) in [7, 11) is 4.03. The zero-order chi connectivity index (χ0) is 21.5. The molecule has 0 radical (unpaired) electrons. The van der Waals surface area contributed by atoms with Crippen LogP contribution in [0.3, 0.4) is 0 Å². The molecule has 2 amide bonds. The molecule has 0 unspecified atom stereocenters. The Morgan fingerprint density at radius 3 is 2.33 bits per heavy atom. The van der Waals surface area contributed by atoms with E-state index in [-0.39, 0.29) is 6.04 Å². The summed E-state index contributed by atoms with van der Waals surface area (Å²) in [6.45, 7) is 4.59. The molecular weight excluding hydrogens is 376 g/mol. The van der Waals surface area contributed by atoms with Gasteiger partial charge in [0, 0.05) is 46.0 Å². The molecule has 6 nitrogen and oxygen atoms in total. The molecule has 0 saturated carbocycles. The molecule has 0 bridgehead atoms. The van der Waals surface area contributed by atoms with Crippen LogP contribution < -0.4 is 15.5 Å². The Hall–Kier alpha value is -2.86. The monoisotopic (exact) mass is 408 g/mol. The summed E-state index contributed by atoms with van der Waals surface area (Å²) < 4.78 is 0. The number of nitrogens with one attached hydrogen (secondary N) is 2. The zero-order valence-corrected chi connectivity index (χ0v) is 18.1. The van der Waals surface area contributed by atoms with Crippen LogP contribution >= 0.6 is 0 Å². The van der Waals surface area contributed by atoms with E-state index in [1.807, 2.05) is 21.0 Å². The van der Waals surface area contributed by atoms with Gasteiger partial charge in [0.05, 0.1) is 6.04 Å². The second-order valence-corrected chi connectivity index (χ2v) is 7.96. The lowest BCUT2D eigenvalue weighted by Gasteiger charge is -2.36. The fourth-order valence-corrected chi connectivity index (χ4v) is 3.82. The first kappa shape index (κ1) is 21.8. The lowest BCUT2D eigenvalue weighted by atomic mass is 9.96. The molecule has 1 heterocycles. The Balaban J connectivity index is 1.77. The highest BCUT2D eigenvalue weighted by atomic mass is 16.2. The fourth-order valence-electron chi connectivity index (χ4n) is 3.82. The molecule has 0 spiro atoms. The van der Waals surface area contributed by atoms with Gasteiger partial charge < -0.3 is 15.5 Å². The summed E-state index contributed by atoms with van der Waals surface area (Å²) in [6, 6.07) is 16.9. The van der Waals surface area contributed by atoms with Crippen LogP contribution in [0.5, 0.6) is 0 Å². The summed E-state index contributed by atoms with van der Waals surface area (Å²) in [5, 5.41) is 5.48. The van der Waals surface area contributed by atoms with E-state index in [1.165, 1.54) is 11.1 Å². The third-order valence-corrected chi connectivity index (χ3v) is 5.59. The van der Waals surface area contributed by atoms with E-state index < -0.39 is 11.8 Å². The van der Waals surface area contributed by atoms with Crippen molar-refractivity contribution < 1.29 is 9.59 Å². The van der Waals surface area contributed by atoms with E-state index in [1.54, 1.807) is 0 Å². The zero-order valence-electron chi connectivity index (χ0n) is 18.1. The first-order chi connectivity index (χ1) is 14.5. The summed E-state index contributed by atoms with van der Waals surface area (Å²) in [6.07, 6.45) is 1.78. The molecule has 2 aromatic rings. The van der Waals surface area contributed by atoms with Gasteiger partial charge in [-0.15, -0.1) is 0 Å². The summed E-state index contributed by atoms with van der Waals surface area (Å²) >= 11 is 0. The van der Waals surface area contributed by atoms with Gasteiger partial charge in [0.15, 0.2) is 0 Å². The molecule has 0 saturated heterocycles. The third-order valence-electron chi connectivity index (χ3n) is 5.59. The molecule has 2 N–H and O–H groups in total. The Labute approximate surface area is 179 Å². The average molecular weight is 409 g/mol. The van der Waals surface area contributed by atoms with Gasteiger partial charge in [0.2, 0.25) is 0 Å². The number of hydrogen-bond donors (Lipinski definition) is 2. The van der Waals surface area contributed by atoms with Crippen molar-refractivity contribution in [2.45, 2.75) is 32.4 Å². The number of fused-ring (bicyclic) bond motifs is 1. The first-order valence-corrected chi connectivity index (χ1v) is 10.6. The molecule has 160 valence electrons. The molecule has 30 heavy (non-hydrogen) atoms. The molecule has 3 rings (SSSR count). The van der Waals surface area contributed by atoms with E-state index >= 15 is 0 Å². The highest BCUT2D eigenvalue weighted by Gasteiger charge is 2.26. The number of nitrogens with zero attached hydrogens (tertiary/aromatic N) is 2. The normalized spacial score (nSPS) is 14.5. The van der Waals surface area contributed by atoms with Gasteiger partial charge in [-0.3, -0.25) is 14.5 Å². The summed E-state index contributed by atoms with van der Waals surface area (Å²) in [4.78, 5) is 28.7. The van der Waals surface area contributed by atoms with Gasteiger partial charge >= 0.3 is 11.8 Å². The smallest absolute Gasteiger partial charge is 0.309 e. The van der Waals surface area contributed by atoms with E-state index in [2.05, 4.69) is 69.0 Å². The highest BCUT2D eigenvalue weighted by molar-refractivity contribution is 6.35. The number of rotatable bonds is 7. The van der Waals surface area contributed by atoms with Crippen molar-refractivity contribution in [1.82, 2.24) is 15.5 Å². The van der Waals surface area contributed by atoms with Gasteiger partial charge in [-0.25, -0.2) is 0 Å². The number of benzene rings is 2. The minimum atomic E-state index is -0.573. The van der Waals surface area contributed by atoms with Crippen LogP contribution in [0.2, 0.25) is 0 Å². The third kappa shape index (κ3) is 5.39. The second-order valence-electron chi connectivity index (χ2n) is 7.96. The van der Waals surface area contributed by atoms with Crippen molar-refractivity contribution in [1.29, 1.82) is 0 Å².